The summed E-state index contributed by atoms with van der Waals surface area (Å²) in [4.78, 5) is 4.23. The van der Waals surface area contributed by atoms with Crippen LogP contribution in [0.5, 0.6) is 11.6 Å². The van der Waals surface area contributed by atoms with Gasteiger partial charge in [-0.15, -0.1) is 0 Å². The first-order valence-corrected chi connectivity index (χ1v) is 8.59. The van der Waals surface area contributed by atoms with Crippen LogP contribution in [0.4, 0.5) is 0 Å². The molecule has 3 rings (SSSR count). The van der Waals surface area contributed by atoms with E-state index in [2.05, 4.69) is 42.2 Å². The second-order valence-corrected chi connectivity index (χ2v) is 7.12. The van der Waals surface area contributed by atoms with E-state index in [0.29, 0.717) is 22.7 Å². The molecule has 1 saturated carbocycles. The van der Waals surface area contributed by atoms with Crippen LogP contribution in [-0.2, 0) is 6.54 Å². The zero-order valence-corrected chi connectivity index (χ0v) is 15.0. The van der Waals surface area contributed by atoms with Crippen LogP contribution in [0.3, 0.4) is 0 Å². The number of nitrogens with zero attached hydrogens (tertiary/aromatic N) is 1. The molecule has 1 N–H and O–H groups in total. The summed E-state index contributed by atoms with van der Waals surface area (Å²) in [7, 11) is 0. The highest BCUT2D eigenvalue weighted by Crippen LogP contribution is 2.32. The Morgan fingerprint density at radius 3 is 2.81 bits per heavy atom. The number of halogens is 3. The molecule has 0 unspecified atom stereocenters. The molecular formula is C15H13Br2ClN2O. The topological polar surface area (TPSA) is 34.1 Å². The largest absolute Gasteiger partial charge is 0.438 e. The number of hydrogen-bond donors (Lipinski definition) is 1. The van der Waals surface area contributed by atoms with E-state index < -0.39 is 0 Å². The number of ether oxygens (including phenoxy) is 1. The summed E-state index contributed by atoms with van der Waals surface area (Å²) in [6, 6.07) is 8.25. The van der Waals surface area contributed by atoms with Crippen molar-refractivity contribution in [2.75, 3.05) is 0 Å². The van der Waals surface area contributed by atoms with Crippen LogP contribution in [0.25, 0.3) is 0 Å². The molecule has 0 atom stereocenters. The molecule has 0 radical (unpaired) electrons. The zero-order valence-electron chi connectivity index (χ0n) is 11.1. The third kappa shape index (κ3) is 4.19. The average molecular weight is 433 g/mol. The lowest BCUT2D eigenvalue weighted by molar-refractivity contribution is 0.459. The van der Waals surface area contributed by atoms with Gasteiger partial charge in [0.25, 0.3) is 0 Å². The number of pyridine rings is 1. The summed E-state index contributed by atoms with van der Waals surface area (Å²) in [5.74, 6) is 1.25. The Hall–Kier alpha value is -0.620. The molecule has 1 fully saturated rings. The van der Waals surface area contributed by atoms with Gasteiger partial charge in [-0.1, -0.05) is 27.5 Å². The number of hydrogen-bond acceptors (Lipinski definition) is 3. The van der Waals surface area contributed by atoms with Crippen molar-refractivity contribution in [2.24, 2.45) is 0 Å². The number of aromatic nitrogens is 1. The standard InChI is InChI=1S/C15H13Br2ClN2O/c16-10-1-4-14(12(17)6-10)21-15-5-9(13(18)8-20-15)7-19-11-2-3-11/h1,4-6,8,11,19H,2-3,7H2. The first-order valence-electron chi connectivity index (χ1n) is 6.62. The fraction of sp³-hybridized carbons (Fsp3) is 0.267. The minimum absolute atomic E-state index is 0.537. The smallest absolute Gasteiger partial charge is 0.219 e. The van der Waals surface area contributed by atoms with Gasteiger partial charge in [-0.25, -0.2) is 4.98 Å². The predicted octanol–water partition coefficient (Wildman–Crippen LogP) is 5.30. The molecule has 1 aliphatic carbocycles. The van der Waals surface area contributed by atoms with Gasteiger partial charge in [0, 0.05) is 29.3 Å². The molecule has 3 nitrogen and oxygen atoms in total. The molecule has 0 spiro atoms. The van der Waals surface area contributed by atoms with Crippen molar-refractivity contribution in [1.82, 2.24) is 10.3 Å². The Bertz CT molecular complexity index is 662. The molecule has 1 aliphatic rings. The number of rotatable bonds is 5. The van der Waals surface area contributed by atoms with Gasteiger partial charge in [0.05, 0.1) is 9.50 Å². The van der Waals surface area contributed by atoms with Crippen molar-refractivity contribution in [3.05, 3.63) is 50.0 Å². The summed E-state index contributed by atoms with van der Waals surface area (Å²) in [5, 5.41) is 4.10. The Morgan fingerprint density at radius 1 is 1.29 bits per heavy atom. The van der Waals surface area contributed by atoms with Crippen molar-refractivity contribution in [1.29, 1.82) is 0 Å². The normalized spacial score (nSPS) is 14.2. The van der Waals surface area contributed by atoms with Gasteiger partial charge in [-0.05, 0) is 52.5 Å². The first kappa shape index (κ1) is 15.3. The molecule has 1 aromatic carbocycles. The van der Waals surface area contributed by atoms with E-state index in [1.807, 2.05) is 24.3 Å². The predicted molar refractivity (Wildman–Crippen MR) is 91.0 cm³/mol. The van der Waals surface area contributed by atoms with E-state index in [9.17, 15) is 0 Å². The number of nitrogens with one attached hydrogen (secondary N) is 1. The third-order valence-electron chi connectivity index (χ3n) is 3.18. The van der Waals surface area contributed by atoms with Crippen LogP contribution in [-0.4, -0.2) is 11.0 Å². The van der Waals surface area contributed by atoms with Gasteiger partial charge in [-0.3, -0.25) is 0 Å². The molecular weight excluding hydrogens is 419 g/mol. The van der Waals surface area contributed by atoms with E-state index in [1.54, 1.807) is 6.20 Å². The Kier molecular flexibility index (Phi) is 4.84. The van der Waals surface area contributed by atoms with Gasteiger partial charge < -0.3 is 10.1 Å². The van der Waals surface area contributed by atoms with Gasteiger partial charge in [0.2, 0.25) is 5.88 Å². The van der Waals surface area contributed by atoms with Crippen LogP contribution < -0.4 is 10.1 Å². The maximum Gasteiger partial charge on any atom is 0.219 e. The second kappa shape index (κ2) is 6.65. The summed E-state index contributed by atoms with van der Waals surface area (Å²) >= 11 is 13.1. The van der Waals surface area contributed by atoms with Crippen LogP contribution in [0.15, 0.2) is 39.4 Å². The van der Waals surface area contributed by atoms with Crippen LogP contribution in [0, 0.1) is 0 Å². The van der Waals surface area contributed by atoms with Crippen molar-refractivity contribution < 1.29 is 4.74 Å². The molecule has 6 heteroatoms. The maximum absolute atomic E-state index is 6.18. The van der Waals surface area contributed by atoms with E-state index in [4.69, 9.17) is 16.3 Å². The molecule has 110 valence electrons. The fourth-order valence-corrected chi connectivity index (χ4v) is 3.16. The van der Waals surface area contributed by atoms with E-state index in [-0.39, 0.29) is 0 Å². The fourth-order valence-electron chi connectivity index (χ4n) is 1.86. The lowest BCUT2D eigenvalue weighted by Gasteiger charge is -2.10. The highest BCUT2D eigenvalue weighted by Gasteiger charge is 2.20. The Morgan fingerprint density at radius 2 is 2.10 bits per heavy atom. The van der Waals surface area contributed by atoms with Crippen LogP contribution in [0.2, 0.25) is 5.02 Å². The highest BCUT2D eigenvalue weighted by molar-refractivity contribution is 9.11. The van der Waals surface area contributed by atoms with Crippen molar-refractivity contribution in [3.63, 3.8) is 0 Å². The monoisotopic (exact) mass is 430 g/mol. The van der Waals surface area contributed by atoms with Crippen LogP contribution >= 0.6 is 43.5 Å². The van der Waals surface area contributed by atoms with Gasteiger partial charge in [-0.2, -0.15) is 0 Å². The molecule has 1 heterocycles. The van der Waals surface area contributed by atoms with E-state index >= 15 is 0 Å². The third-order valence-corrected chi connectivity index (χ3v) is 4.63. The molecule has 0 bridgehead atoms. The molecule has 1 aromatic heterocycles. The van der Waals surface area contributed by atoms with E-state index in [0.717, 1.165) is 21.1 Å². The Labute approximate surface area is 145 Å². The average Bonchev–Trinajstić information content (AvgIpc) is 3.26. The van der Waals surface area contributed by atoms with Gasteiger partial charge >= 0.3 is 0 Å². The maximum atomic E-state index is 6.18. The lowest BCUT2D eigenvalue weighted by atomic mass is 10.2. The molecule has 0 amide bonds. The first-order chi connectivity index (χ1) is 10.1. The molecule has 0 aliphatic heterocycles. The highest BCUT2D eigenvalue weighted by atomic mass is 79.9. The quantitative estimate of drug-likeness (QED) is 0.696. The minimum Gasteiger partial charge on any atom is -0.438 e. The summed E-state index contributed by atoms with van der Waals surface area (Å²) < 4.78 is 7.67. The second-order valence-electron chi connectivity index (χ2n) is 4.95. The molecule has 2 aromatic rings. The molecule has 0 saturated heterocycles. The van der Waals surface area contributed by atoms with Gasteiger partial charge in [0.1, 0.15) is 5.75 Å². The SMILES string of the molecule is Clc1cnc(Oc2ccc(Br)cc2Br)cc1CNC1CC1. The Balaban J connectivity index is 1.76. The zero-order chi connectivity index (χ0) is 14.8. The summed E-state index contributed by atoms with van der Waals surface area (Å²) in [6.45, 7) is 0.740. The number of benzene rings is 1. The van der Waals surface area contributed by atoms with Crippen molar-refractivity contribution >= 4 is 43.5 Å². The van der Waals surface area contributed by atoms with Crippen molar-refractivity contribution in [2.45, 2.75) is 25.4 Å². The summed E-state index contributed by atoms with van der Waals surface area (Å²) in [5.41, 5.74) is 1.00. The van der Waals surface area contributed by atoms with Crippen molar-refractivity contribution in [3.8, 4) is 11.6 Å². The van der Waals surface area contributed by atoms with Crippen LogP contribution in [0.1, 0.15) is 18.4 Å². The minimum atomic E-state index is 0.537. The van der Waals surface area contributed by atoms with E-state index in [1.165, 1.54) is 12.8 Å². The summed E-state index contributed by atoms with van der Waals surface area (Å²) in [6.07, 6.45) is 4.13. The molecule has 21 heavy (non-hydrogen) atoms. The van der Waals surface area contributed by atoms with Gasteiger partial charge in [0.15, 0.2) is 0 Å². The lowest BCUT2D eigenvalue weighted by Crippen LogP contribution is -2.15.